The Labute approximate surface area is 121 Å². The van der Waals surface area contributed by atoms with Crippen LogP contribution in [0.2, 0.25) is 0 Å². The van der Waals surface area contributed by atoms with E-state index in [0.717, 1.165) is 11.3 Å². The van der Waals surface area contributed by atoms with Crippen LogP contribution in [0, 0.1) is 12.3 Å². The largest absolute Gasteiger partial charge is 0.280 e. The average molecular weight is 285 g/mol. The van der Waals surface area contributed by atoms with Crippen molar-refractivity contribution >= 4 is 11.4 Å². The van der Waals surface area contributed by atoms with Gasteiger partial charge >= 0.3 is 0 Å². The molecule has 0 spiro atoms. The third-order valence-electron chi connectivity index (χ3n) is 3.35. The lowest BCUT2D eigenvalue weighted by molar-refractivity contribution is 0.149. The second-order valence-corrected chi connectivity index (χ2v) is 4.77. The van der Waals surface area contributed by atoms with Crippen molar-refractivity contribution in [2.75, 3.05) is 11.6 Å². The van der Waals surface area contributed by atoms with Gasteiger partial charge in [0.25, 0.3) is 6.43 Å². The van der Waals surface area contributed by atoms with Crippen LogP contribution in [0.25, 0.3) is 0 Å². The number of hydrogen-bond acceptors (Lipinski definition) is 3. The van der Waals surface area contributed by atoms with Crippen LogP contribution in [0.5, 0.6) is 0 Å². The van der Waals surface area contributed by atoms with Crippen LogP contribution >= 0.6 is 0 Å². The molecule has 0 aromatic heterocycles. The van der Waals surface area contributed by atoms with Gasteiger partial charge in [0.1, 0.15) is 11.5 Å². The van der Waals surface area contributed by atoms with Crippen LogP contribution in [-0.2, 0) is 0 Å². The Morgan fingerprint density at radius 3 is 2.62 bits per heavy atom. The lowest BCUT2D eigenvalue weighted by atomic mass is 10.2. The van der Waals surface area contributed by atoms with E-state index in [4.69, 9.17) is 6.42 Å². The molecule has 1 aromatic carbocycles. The lowest BCUT2D eigenvalue weighted by Crippen LogP contribution is -2.40. The minimum absolute atomic E-state index is 0.0627. The number of anilines is 1. The third kappa shape index (κ3) is 2.29. The van der Waals surface area contributed by atoms with Crippen LogP contribution in [0.3, 0.4) is 0 Å². The predicted octanol–water partition coefficient (Wildman–Crippen LogP) is 3.17. The number of benzene rings is 1. The van der Waals surface area contributed by atoms with Gasteiger partial charge in [-0.25, -0.2) is 18.8 Å². The van der Waals surface area contributed by atoms with Crippen LogP contribution in [-0.4, -0.2) is 23.7 Å². The summed E-state index contributed by atoms with van der Waals surface area (Å²) >= 11 is 0. The summed E-state index contributed by atoms with van der Waals surface area (Å²) in [7, 11) is 0. The fraction of sp³-hybridized carbons (Fsp3) is 0.188. The quantitative estimate of drug-likeness (QED) is 0.777. The fourth-order valence-corrected chi connectivity index (χ4v) is 2.42. The maximum atomic E-state index is 13.3. The van der Waals surface area contributed by atoms with Gasteiger partial charge < -0.3 is 0 Å². The minimum atomic E-state index is -2.57. The van der Waals surface area contributed by atoms with Gasteiger partial charge in [0.15, 0.2) is 0 Å². The first-order valence-electron chi connectivity index (χ1n) is 6.49. The van der Waals surface area contributed by atoms with E-state index in [1.54, 1.807) is 24.1 Å². The summed E-state index contributed by atoms with van der Waals surface area (Å²) in [5.41, 5.74) is 2.06. The van der Waals surface area contributed by atoms with Crippen molar-refractivity contribution in [3.05, 3.63) is 53.5 Å². The summed E-state index contributed by atoms with van der Waals surface area (Å²) in [6.07, 6.45) is 6.00. The standard InChI is InChI=1S/C16H13F2N3/c1-3-12-4-6-13(7-5-12)20-9-8-15-19-11(2)10-14(16(17)18)21(15)20/h1,4-8,10,16H,9H2,2H3. The zero-order valence-electron chi connectivity index (χ0n) is 11.4. The van der Waals surface area contributed by atoms with Gasteiger partial charge in [0, 0.05) is 11.3 Å². The second-order valence-electron chi connectivity index (χ2n) is 4.77. The van der Waals surface area contributed by atoms with Gasteiger partial charge in [-0.1, -0.05) is 5.92 Å². The van der Waals surface area contributed by atoms with Gasteiger partial charge in [-0.15, -0.1) is 6.42 Å². The molecule has 21 heavy (non-hydrogen) atoms. The van der Waals surface area contributed by atoms with Crippen molar-refractivity contribution in [2.45, 2.75) is 13.3 Å². The number of terminal acetylenes is 1. The highest BCUT2D eigenvalue weighted by atomic mass is 19.3. The summed E-state index contributed by atoms with van der Waals surface area (Å²) in [4.78, 5) is 4.31. The van der Waals surface area contributed by atoms with Gasteiger partial charge in [0.2, 0.25) is 0 Å². The topological polar surface area (TPSA) is 18.8 Å². The summed E-state index contributed by atoms with van der Waals surface area (Å²) < 4.78 is 26.6. The van der Waals surface area contributed by atoms with Crippen molar-refractivity contribution in [1.29, 1.82) is 0 Å². The molecule has 106 valence electrons. The normalized spacial score (nSPS) is 17.2. The number of halogens is 2. The zero-order chi connectivity index (χ0) is 15.0. The Bertz CT molecular complexity index is 693. The highest BCUT2D eigenvalue weighted by Gasteiger charge is 2.33. The molecule has 2 aliphatic rings. The molecule has 0 fully saturated rings. The monoisotopic (exact) mass is 285 g/mol. The minimum Gasteiger partial charge on any atom is -0.276 e. The second kappa shape index (κ2) is 5.06. The Morgan fingerprint density at radius 2 is 2.00 bits per heavy atom. The summed E-state index contributed by atoms with van der Waals surface area (Å²) in [5, 5.41) is 3.21. The molecule has 0 atom stereocenters. The van der Waals surface area contributed by atoms with E-state index in [2.05, 4.69) is 10.9 Å². The number of nitrogens with zero attached hydrogens (tertiary/aromatic N) is 3. The van der Waals surface area contributed by atoms with Crippen LogP contribution < -0.4 is 5.01 Å². The van der Waals surface area contributed by atoms with Crippen molar-refractivity contribution in [2.24, 2.45) is 4.99 Å². The molecular formula is C16H13F2N3. The Morgan fingerprint density at radius 1 is 1.29 bits per heavy atom. The molecular weight excluding hydrogens is 272 g/mol. The van der Waals surface area contributed by atoms with Gasteiger partial charge in [-0.3, -0.25) is 5.01 Å². The van der Waals surface area contributed by atoms with Gasteiger partial charge in [0.05, 0.1) is 12.2 Å². The van der Waals surface area contributed by atoms with E-state index < -0.39 is 6.43 Å². The van der Waals surface area contributed by atoms with E-state index in [1.165, 1.54) is 11.1 Å². The molecule has 2 aliphatic heterocycles. The first kappa shape index (κ1) is 13.4. The average Bonchev–Trinajstić information content (AvgIpc) is 2.90. The summed E-state index contributed by atoms with van der Waals surface area (Å²) in [6.45, 7) is 2.20. The first-order valence-corrected chi connectivity index (χ1v) is 6.49. The zero-order valence-corrected chi connectivity index (χ0v) is 11.4. The number of hydrazine groups is 1. The number of alkyl halides is 2. The Kier molecular flexibility index (Phi) is 3.22. The molecule has 0 bridgehead atoms. The van der Waals surface area contributed by atoms with Crippen molar-refractivity contribution in [1.82, 2.24) is 5.01 Å². The van der Waals surface area contributed by atoms with Crippen LogP contribution in [0.1, 0.15) is 12.5 Å². The SMILES string of the molecule is C#Cc1ccc(N2CC=C3N=C(C)C=C(C(F)F)N32)cc1. The van der Waals surface area contributed by atoms with E-state index in [-0.39, 0.29) is 5.70 Å². The molecule has 2 heterocycles. The van der Waals surface area contributed by atoms with Crippen LogP contribution in [0.15, 0.2) is 52.9 Å². The molecule has 1 aromatic rings. The molecule has 0 N–H and O–H groups in total. The smallest absolute Gasteiger partial charge is 0.276 e. The van der Waals surface area contributed by atoms with Crippen molar-refractivity contribution in [3.63, 3.8) is 0 Å². The van der Waals surface area contributed by atoms with Crippen LogP contribution in [0.4, 0.5) is 14.5 Å². The van der Waals surface area contributed by atoms with Crippen molar-refractivity contribution < 1.29 is 8.78 Å². The first-order chi connectivity index (χ1) is 10.1. The molecule has 0 unspecified atom stereocenters. The maximum Gasteiger partial charge on any atom is 0.280 e. The van der Waals surface area contributed by atoms with Gasteiger partial charge in [-0.05, 0) is 43.3 Å². The third-order valence-corrected chi connectivity index (χ3v) is 3.35. The van der Waals surface area contributed by atoms with E-state index in [9.17, 15) is 8.78 Å². The predicted molar refractivity (Wildman–Crippen MR) is 78.8 cm³/mol. The molecule has 0 saturated heterocycles. The summed E-state index contributed by atoms with van der Waals surface area (Å²) in [5.74, 6) is 3.07. The molecule has 3 nitrogen and oxygen atoms in total. The lowest BCUT2D eigenvalue weighted by Gasteiger charge is -2.35. The Balaban J connectivity index is 1.96. The van der Waals surface area contributed by atoms with E-state index >= 15 is 0 Å². The number of allylic oxidation sites excluding steroid dienone is 2. The fourth-order valence-electron chi connectivity index (χ4n) is 2.42. The molecule has 0 amide bonds. The molecule has 0 radical (unpaired) electrons. The summed E-state index contributed by atoms with van der Waals surface area (Å²) in [6, 6.07) is 7.22. The highest BCUT2D eigenvalue weighted by Crippen LogP contribution is 2.33. The van der Waals surface area contributed by atoms with E-state index in [1.807, 2.05) is 18.2 Å². The van der Waals surface area contributed by atoms with E-state index in [0.29, 0.717) is 18.1 Å². The molecule has 0 saturated carbocycles. The van der Waals surface area contributed by atoms with Gasteiger partial charge in [-0.2, -0.15) is 0 Å². The highest BCUT2D eigenvalue weighted by molar-refractivity contribution is 5.95. The molecule has 5 heteroatoms. The maximum absolute atomic E-state index is 13.3. The Hall–Kier alpha value is -2.61. The number of hydrogen-bond donors (Lipinski definition) is 0. The van der Waals surface area contributed by atoms with Crippen molar-refractivity contribution in [3.8, 4) is 12.3 Å². The number of aliphatic imine (C=N–C) groups is 1. The molecule has 0 aliphatic carbocycles. The number of fused-ring (bicyclic) bond motifs is 1. The number of rotatable bonds is 2. The molecule has 3 rings (SSSR count).